The molecule has 1 unspecified atom stereocenters. The number of rotatable bonds is 4. The second-order valence-electron chi connectivity index (χ2n) is 6.67. The van der Waals surface area contributed by atoms with Gasteiger partial charge in [-0.05, 0) is 43.4 Å². The Labute approximate surface area is 143 Å². The number of likely N-dealkylation sites (tertiary alicyclic amines) is 2. The summed E-state index contributed by atoms with van der Waals surface area (Å²) in [7, 11) is 1.63. The van der Waals surface area contributed by atoms with E-state index < -0.39 is 0 Å². The monoisotopic (exact) mass is 330 g/mol. The first-order chi connectivity index (χ1) is 11.7. The van der Waals surface area contributed by atoms with E-state index in [9.17, 15) is 9.59 Å². The fourth-order valence-corrected chi connectivity index (χ4v) is 3.66. The van der Waals surface area contributed by atoms with Gasteiger partial charge < -0.3 is 14.5 Å². The Morgan fingerprint density at radius 2 is 2.00 bits per heavy atom. The van der Waals surface area contributed by atoms with Gasteiger partial charge in [-0.25, -0.2) is 0 Å². The van der Waals surface area contributed by atoms with Crippen LogP contribution in [-0.2, 0) is 16.1 Å². The van der Waals surface area contributed by atoms with Crippen LogP contribution in [-0.4, -0.2) is 47.9 Å². The van der Waals surface area contributed by atoms with Crippen LogP contribution in [0.25, 0.3) is 0 Å². The molecule has 1 aromatic carbocycles. The average Bonchev–Trinajstić information content (AvgIpc) is 3.08. The van der Waals surface area contributed by atoms with E-state index in [4.69, 9.17) is 4.74 Å². The molecular weight excluding hydrogens is 304 g/mol. The molecule has 1 atom stereocenters. The molecule has 5 nitrogen and oxygen atoms in total. The van der Waals surface area contributed by atoms with E-state index in [2.05, 4.69) is 0 Å². The van der Waals surface area contributed by atoms with Crippen LogP contribution in [0.4, 0.5) is 0 Å². The number of nitrogens with zero attached hydrogens (tertiary/aromatic N) is 2. The Morgan fingerprint density at radius 1 is 1.21 bits per heavy atom. The average molecular weight is 330 g/mol. The third kappa shape index (κ3) is 3.71. The highest BCUT2D eigenvalue weighted by Gasteiger charge is 2.35. The minimum atomic E-state index is -0.315. The Bertz CT molecular complexity index is 596. The molecule has 2 amide bonds. The first kappa shape index (κ1) is 16.8. The first-order valence-electron chi connectivity index (χ1n) is 8.90. The molecule has 0 aliphatic carbocycles. The summed E-state index contributed by atoms with van der Waals surface area (Å²) in [6.07, 6.45) is 5.26. The largest absolute Gasteiger partial charge is 0.497 e. The maximum absolute atomic E-state index is 12.9. The summed E-state index contributed by atoms with van der Waals surface area (Å²) in [6.45, 7) is 2.13. The van der Waals surface area contributed by atoms with Crippen molar-refractivity contribution in [1.82, 2.24) is 9.80 Å². The Balaban J connectivity index is 1.81. The van der Waals surface area contributed by atoms with Crippen molar-refractivity contribution in [2.45, 2.75) is 51.1 Å². The minimum Gasteiger partial charge on any atom is -0.497 e. The number of hydrogen-bond acceptors (Lipinski definition) is 3. The molecule has 130 valence electrons. The second kappa shape index (κ2) is 7.69. The highest BCUT2D eigenvalue weighted by molar-refractivity contribution is 5.88. The van der Waals surface area contributed by atoms with Crippen molar-refractivity contribution >= 4 is 11.8 Å². The van der Waals surface area contributed by atoms with Gasteiger partial charge in [0.25, 0.3) is 0 Å². The number of ether oxygens (including phenoxy) is 1. The lowest BCUT2D eigenvalue weighted by atomic mass is 10.1. The van der Waals surface area contributed by atoms with Crippen LogP contribution in [0.3, 0.4) is 0 Å². The fourth-order valence-electron chi connectivity index (χ4n) is 3.66. The van der Waals surface area contributed by atoms with E-state index in [-0.39, 0.29) is 17.9 Å². The van der Waals surface area contributed by atoms with Gasteiger partial charge in [0, 0.05) is 26.1 Å². The quantitative estimate of drug-likeness (QED) is 0.852. The van der Waals surface area contributed by atoms with Crippen molar-refractivity contribution in [3.8, 4) is 5.75 Å². The fraction of sp³-hybridized carbons (Fsp3) is 0.579. The van der Waals surface area contributed by atoms with Crippen LogP contribution in [0.2, 0.25) is 0 Å². The van der Waals surface area contributed by atoms with E-state index in [1.54, 1.807) is 12.0 Å². The molecule has 0 bridgehead atoms. The molecule has 0 radical (unpaired) electrons. The third-order valence-corrected chi connectivity index (χ3v) is 5.00. The molecule has 0 aromatic heterocycles. The van der Waals surface area contributed by atoms with Gasteiger partial charge in [0.1, 0.15) is 11.8 Å². The third-order valence-electron chi connectivity index (χ3n) is 5.00. The van der Waals surface area contributed by atoms with Crippen molar-refractivity contribution in [3.05, 3.63) is 29.8 Å². The minimum absolute atomic E-state index is 0.0906. The number of amides is 2. The summed E-state index contributed by atoms with van der Waals surface area (Å²) in [5, 5.41) is 0. The van der Waals surface area contributed by atoms with Crippen molar-refractivity contribution in [3.63, 3.8) is 0 Å². The number of methoxy groups -OCH3 is 1. The highest BCUT2D eigenvalue weighted by Crippen LogP contribution is 2.24. The van der Waals surface area contributed by atoms with Crippen LogP contribution in [0.5, 0.6) is 5.75 Å². The lowest BCUT2D eigenvalue weighted by Crippen LogP contribution is -2.49. The van der Waals surface area contributed by atoms with Crippen LogP contribution < -0.4 is 4.74 Å². The molecule has 2 aliphatic heterocycles. The molecule has 2 heterocycles. The summed E-state index contributed by atoms with van der Waals surface area (Å²) < 4.78 is 5.27. The molecule has 0 saturated carbocycles. The molecular formula is C19H26N2O3. The van der Waals surface area contributed by atoms with E-state index in [1.807, 2.05) is 29.2 Å². The van der Waals surface area contributed by atoms with E-state index in [0.29, 0.717) is 13.0 Å². The van der Waals surface area contributed by atoms with E-state index in [0.717, 1.165) is 56.5 Å². The van der Waals surface area contributed by atoms with Crippen molar-refractivity contribution < 1.29 is 14.3 Å². The lowest BCUT2D eigenvalue weighted by Gasteiger charge is -2.32. The lowest BCUT2D eigenvalue weighted by molar-refractivity contribution is -0.145. The topological polar surface area (TPSA) is 49.9 Å². The zero-order valence-electron chi connectivity index (χ0n) is 14.4. The molecule has 2 saturated heterocycles. The van der Waals surface area contributed by atoms with Crippen LogP contribution in [0.1, 0.15) is 44.1 Å². The van der Waals surface area contributed by atoms with Gasteiger partial charge in [-0.15, -0.1) is 0 Å². The van der Waals surface area contributed by atoms with Gasteiger partial charge in [-0.1, -0.05) is 18.6 Å². The molecule has 3 rings (SSSR count). The standard InChI is InChI=1S/C19H26N2O3/c1-24-16-8-6-7-15(13-16)14-21-17(9-2-3-10-18(21)22)19(23)20-11-4-5-12-20/h6-8,13,17H,2-5,9-12,14H2,1H3. The molecule has 2 aliphatic rings. The number of carbonyl (C=O) groups is 2. The Kier molecular flexibility index (Phi) is 5.38. The maximum Gasteiger partial charge on any atom is 0.245 e. The number of carbonyl (C=O) groups excluding carboxylic acids is 2. The van der Waals surface area contributed by atoms with E-state index >= 15 is 0 Å². The van der Waals surface area contributed by atoms with Crippen LogP contribution >= 0.6 is 0 Å². The zero-order chi connectivity index (χ0) is 16.9. The molecule has 0 N–H and O–H groups in total. The predicted octanol–water partition coefficient (Wildman–Crippen LogP) is 2.59. The molecule has 5 heteroatoms. The van der Waals surface area contributed by atoms with E-state index in [1.165, 1.54) is 0 Å². The molecule has 1 aromatic rings. The summed E-state index contributed by atoms with van der Waals surface area (Å²) >= 11 is 0. The van der Waals surface area contributed by atoms with Crippen LogP contribution in [0, 0.1) is 0 Å². The maximum atomic E-state index is 12.9. The molecule has 2 fully saturated rings. The van der Waals surface area contributed by atoms with Crippen molar-refractivity contribution in [1.29, 1.82) is 0 Å². The van der Waals surface area contributed by atoms with Gasteiger partial charge in [0.15, 0.2) is 0 Å². The summed E-state index contributed by atoms with van der Waals surface area (Å²) in [5.74, 6) is 0.996. The Hall–Kier alpha value is -2.04. The zero-order valence-corrected chi connectivity index (χ0v) is 14.4. The molecule has 24 heavy (non-hydrogen) atoms. The SMILES string of the molecule is COc1cccc(CN2C(=O)CCCCC2C(=O)N2CCCC2)c1. The Morgan fingerprint density at radius 3 is 2.75 bits per heavy atom. The summed E-state index contributed by atoms with van der Waals surface area (Å²) in [4.78, 5) is 29.3. The first-order valence-corrected chi connectivity index (χ1v) is 8.90. The van der Waals surface area contributed by atoms with Gasteiger partial charge in [0.2, 0.25) is 11.8 Å². The second-order valence-corrected chi connectivity index (χ2v) is 6.67. The summed E-state index contributed by atoms with van der Waals surface area (Å²) in [5.41, 5.74) is 1.00. The van der Waals surface area contributed by atoms with Gasteiger partial charge in [-0.3, -0.25) is 9.59 Å². The van der Waals surface area contributed by atoms with Gasteiger partial charge >= 0.3 is 0 Å². The van der Waals surface area contributed by atoms with Crippen molar-refractivity contribution in [2.24, 2.45) is 0 Å². The van der Waals surface area contributed by atoms with Gasteiger partial charge in [-0.2, -0.15) is 0 Å². The highest BCUT2D eigenvalue weighted by atomic mass is 16.5. The normalized spacial score (nSPS) is 21.7. The molecule has 0 spiro atoms. The smallest absolute Gasteiger partial charge is 0.245 e. The van der Waals surface area contributed by atoms with Crippen molar-refractivity contribution in [2.75, 3.05) is 20.2 Å². The predicted molar refractivity (Wildman–Crippen MR) is 91.6 cm³/mol. The summed E-state index contributed by atoms with van der Waals surface area (Å²) in [6, 6.07) is 7.42. The van der Waals surface area contributed by atoms with Crippen LogP contribution in [0.15, 0.2) is 24.3 Å². The number of benzene rings is 1. The van der Waals surface area contributed by atoms with Gasteiger partial charge in [0.05, 0.1) is 7.11 Å². The number of hydrogen-bond donors (Lipinski definition) is 0.